The first-order valence-corrected chi connectivity index (χ1v) is 16.8. The monoisotopic (exact) mass is 634 g/mol. The number of rotatable bonds is 11. The molecule has 3 atom stereocenters. The van der Waals surface area contributed by atoms with Crippen molar-refractivity contribution in [3.8, 4) is 11.1 Å². The predicted molar refractivity (Wildman–Crippen MR) is 184 cm³/mol. The van der Waals surface area contributed by atoms with Gasteiger partial charge in [0.2, 0.25) is 0 Å². The number of aliphatic hydroxyl groups excluding tert-OH is 1. The maximum atomic E-state index is 12.0. The molecule has 0 aromatic heterocycles. The van der Waals surface area contributed by atoms with Crippen LogP contribution in [0.3, 0.4) is 0 Å². The van der Waals surface area contributed by atoms with Crippen molar-refractivity contribution in [1.82, 2.24) is 20.4 Å². The molecule has 2 amide bonds. The molecule has 2 aliphatic heterocycles. The number of piperazine rings is 1. The van der Waals surface area contributed by atoms with Gasteiger partial charge in [0.05, 0.1) is 18.8 Å². The number of nitrogens with zero attached hydrogens (tertiary/aromatic N) is 2. The molecule has 4 aromatic rings. The van der Waals surface area contributed by atoms with E-state index in [4.69, 9.17) is 9.47 Å². The maximum absolute atomic E-state index is 12.0. The lowest BCUT2D eigenvalue weighted by molar-refractivity contribution is -0.253. The van der Waals surface area contributed by atoms with Gasteiger partial charge in [-0.05, 0) is 40.3 Å². The second-order valence-electron chi connectivity index (χ2n) is 12.4. The Morgan fingerprint density at radius 3 is 2.17 bits per heavy atom. The van der Waals surface area contributed by atoms with Crippen molar-refractivity contribution in [3.63, 3.8) is 0 Å². The van der Waals surface area contributed by atoms with Gasteiger partial charge < -0.3 is 25.2 Å². The highest BCUT2D eigenvalue weighted by atomic mass is 16.7. The second kappa shape index (κ2) is 16.2. The minimum atomic E-state index is -0.501. The molecule has 0 saturated carbocycles. The van der Waals surface area contributed by atoms with Crippen molar-refractivity contribution in [3.05, 3.63) is 131 Å². The summed E-state index contributed by atoms with van der Waals surface area (Å²) in [5.41, 5.74) is 7.51. The normalized spacial score (nSPS) is 20.5. The number of benzene rings is 4. The molecule has 47 heavy (non-hydrogen) atoms. The van der Waals surface area contributed by atoms with Crippen LogP contribution in [0.25, 0.3) is 11.1 Å². The highest BCUT2D eigenvalue weighted by Crippen LogP contribution is 2.39. The van der Waals surface area contributed by atoms with Crippen LogP contribution in [0.5, 0.6) is 0 Å². The van der Waals surface area contributed by atoms with Crippen LogP contribution in [0.1, 0.15) is 53.6 Å². The zero-order valence-corrected chi connectivity index (χ0v) is 27.2. The van der Waals surface area contributed by atoms with Crippen LogP contribution < -0.4 is 10.6 Å². The molecule has 2 saturated heterocycles. The van der Waals surface area contributed by atoms with Gasteiger partial charge >= 0.3 is 6.03 Å². The van der Waals surface area contributed by atoms with Gasteiger partial charge in [-0.3, -0.25) is 9.80 Å². The Morgan fingerprint density at radius 2 is 1.45 bits per heavy atom. The van der Waals surface area contributed by atoms with Crippen molar-refractivity contribution in [2.24, 2.45) is 0 Å². The summed E-state index contributed by atoms with van der Waals surface area (Å²) in [5.74, 6) is 0. The summed E-state index contributed by atoms with van der Waals surface area (Å²) in [5, 5.41) is 15.3. The van der Waals surface area contributed by atoms with Crippen molar-refractivity contribution in [2.45, 2.75) is 51.5 Å². The molecule has 2 fully saturated rings. The van der Waals surface area contributed by atoms with Gasteiger partial charge in [-0.2, -0.15) is 0 Å². The van der Waals surface area contributed by atoms with E-state index in [2.05, 4.69) is 93.2 Å². The Bertz CT molecular complexity index is 1560. The van der Waals surface area contributed by atoms with Gasteiger partial charge in [-0.1, -0.05) is 103 Å². The number of hydrogen-bond donors (Lipinski definition) is 3. The van der Waals surface area contributed by atoms with E-state index < -0.39 is 6.29 Å². The highest BCUT2D eigenvalue weighted by Gasteiger charge is 2.34. The van der Waals surface area contributed by atoms with Crippen molar-refractivity contribution >= 4 is 6.03 Å². The average Bonchev–Trinajstić information content (AvgIpc) is 3.12. The third-order valence-electron chi connectivity index (χ3n) is 9.08. The molecule has 0 spiro atoms. The Hall–Kier alpha value is -4.05. The molecule has 2 aliphatic rings. The molecule has 8 nitrogen and oxygen atoms in total. The minimum Gasteiger partial charge on any atom is -0.392 e. The summed E-state index contributed by atoms with van der Waals surface area (Å²) in [6.45, 7) is 8.89. The minimum absolute atomic E-state index is 0.0117. The van der Waals surface area contributed by atoms with Crippen LogP contribution in [0.2, 0.25) is 0 Å². The quantitative estimate of drug-likeness (QED) is 0.187. The number of hydrogen-bond acceptors (Lipinski definition) is 6. The van der Waals surface area contributed by atoms with Gasteiger partial charge in [-0.15, -0.1) is 0 Å². The Labute approximate surface area is 278 Å². The molecule has 6 rings (SSSR count). The summed E-state index contributed by atoms with van der Waals surface area (Å²) in [6, 6.07) is 35.1. The van der Waals surface area contributed by atoms with Crippen molar-refractivity contribution in [1.29, 1.82) is 0 Å². The van der Waals surface area contributed by atoms with Crippen LogP contribution in [0, 0.1) is 0 Å². The first kappa shape index (κ1) is 32.9. The molecule has 2 heterocycles. The Balaban J connectivity index is 1.14. The molecule has 4 aromatic carbocycles. The van der Waals surface area contributed by atoms with E-state index in [0.717, 1.165) is 79.1 Å². The molecule has 0 aliphatic carbocycles. The van der Waals surface area contributed by atoms with E-state index in [1.807, 2.05) is 37.3 Å². The first-order valence-electron chi connectivity index (χ1n) is 16.8. The number of aliphatic hydroxyl groups is 1. The van der Waals surface area contributed by atoms with E-state index >= 15 is 0 Å². The highest BCUT2D eigenvalue weighted by molar-refractivity contribution is 5.74. The Kier molecular flexibility index (Phi) is 11.3. The van der Waals surface area contributed by atoms with Gasteiger partial charge in [-0.25, -0.2) is 4.79 Å². The average molecular weight is 635 g/mol. The third-order valence-corrected chi connectivity index (χ3v) is 9.08. The summed E-state index contributed by atoms with van der Waals surface area (Å²) in [7, 11) is 0. The zero-order chi connectivity index (χ0) is 32.4. The molecule has 3 N–H and O–H groups in total. The van der Waals surface area contributed by atoms with E-state index in [-0.39, 0.29) is 24.8 Å². The third kappa shape index (κ3) is 8.86. The number of ether oxygens (including phenoxy) is 2. The standard InChI is InChI=1S/C39H46N4O4/c1-2-40-39(45)41-25-34-10-6-7-11-36(34)31-16-18-33(19-17-31)38-46-35(24-37(47-38)32-14-12-30(28-44)13-15-32)27-43-22-20-42(21-23-43)26-29-8-4-3-5-9-29/h3-19,35,37-38,44H,2,20-28H2,1H3,(H2,40,41,45)/t35-,37+,38+/m1/s1. The summed E-state index contributed by atoms with van der Waals surface area (Å²) in [6.07, 6.45) is 0.159. The van der Waals surface area contributed by atoms with Gasteiger partial charge in [0.15, 0.2) is 6.29 Å². The fraction of sp³-hybridized carbons (Fsp3) is 0.359. The van der Waals surface area contributed by atoms with Crippen molar-refractivity contribution in [2.75, 3.05) is 39.3 Å². The SMILES string of the molecule is CCNC(=O)NCc1ccccc1-c1ccc([C@H]2O[C@@H](CN3CCN(Cc4ccccc4)CC3)C[C@@H](c3ccc(CO)cc3)O2)cc1. The number of carbonyl (C=O) groups excluding carboxylic acids is 1. The van der Waals surface area contributed by atoms with Crippen LogP contribution in [0.15, 0.2) is 103 Å². The lowest BCUT2D eigenvalue weighted by Gasteiger charge is -2.40. The summed E-state index contributed by atoms with van der Waals surface area (Å²) in [4.78, 5) is 17.1. The van der Waals surface area contributed by atoms with E-state index in [1.54, 1.807) is 0 Å². The summed E-state index contributed by atoms with van der Waals surface area (Å²) < 4.78 is 13.3. The van der Waals surface area contributed by atoms with E-state index in [1.165, 1.54) is 5.56 Å². The number of carbonyl (C=O) groups is 1. The molecular weight excluding hydrogens is 588 g/mol. The molecule has 8 heteroatoms. The molecule has 0 radical (unpaired) electrons. The smallest absolute Gasteiger partial charge is 0.315 e. The topological polar surface area (TPSA) is 86.3 Å². The molecule has 0 unspecified atom stereocenters. The van der Waals surface area contributed by atoms with Gasteiger partial charge in [0, 0.05) is 64.3 Å². The maximum Gasteiger partial charge on any atom is 0.315 e. The second-order valence-corrected chi connectivity index (χ2v) is 12.4. The van der Waals surface area contributed by atoms with Crippen LogP contribution >= 0.6 is 0 Å². The first-order chi connectivity index (χ1) is 23.1. The van der Waals surface area contributed by atoms with E-state index in [0.29, 0.717) is 13.1 Å². The van der Waals surface area contributed by atoms with Crippen LogP contribution in [-0.4, -0.2) is 66.3 Å². The van der Waals surface area contributed by atoms with Gasteiger partial charge in [0.25, 0.3) is 0 Å². The number of nitrogens with one attached hydrogen (secondary N) is 2. The fourth-order valence-electron chi connectivity index (χ4n) is 6.47. The fourth-order valence-corrected chi connectivity index (χ4v) is 6.47. The number of amides is 2. The largest absolute Gasteiger partial charge is 0.392 e. The summed E-state index contributed by atoms with van der Waals surface area (Å²) >= 11 is 0. The van der Waals surface area contributed by atoms with Gasteiger partial charge in [0.1, 0.15) is 0 Å². The number of urea groups is 1. The van der Waals surface area contributed by atoms with Crippen LogP contribution in [-0.2, 0) is 29.2 Å². The van der Waals surface area contributed by atoms with Crippen LogP contribution in [0.4, 0.5) is 4.79 Å². The molecular formula is C39H46N4O4. The molecule has 0 bridgehead atoms. The van der Waals surface area contributed by atoms with E-state index in [9.17, 15) is 9.90 Å². The predicted octanol–water partition coefficient (Wildman–Crippen LogP) is 6.03. The zero-order valence-electron chi connectivity index (χ0n) is 27.2. The lowest BCUT2D eigenvalue weighted by atomic mass is 9.97. The Morgan fingerprint density at radius 1 is 0.766 bits per heavy atom. The lowest BCUT2D eigenvalue weighted by Crippen LogP contribution is -2.49. The van der Waals surface area contributed by atoms with Crippen molar-refractivity contribution < 1.29 is 19.4 Å². The molecule has 246 valence electrons.